The summed E-state index contributed by atoms with van der Waals surface area (Å²) in [7, 11) is 0. The van der Waals surface area contributed by atoms with Crippen LogP contribution in [0.25, 0.3) is 0 Å². The van der Waals surface area contributed by atoms with Crippen molar-refractivity contribution < 1.29 is 25.2 Å². The van der Waals surface area contributed by atoms with Crippen molar-refractivity contribution in [1.82, 2.24) is 0 Å². The van der Waals surface area contributed by atoms with E-state index in [-0.39, 0.29) is 0 Å². The molecule has 0 amide bonds. The minimum atomic E-state index is -1.40. The maximum absolute atomic E-state index is 10.3. The molecule has 1 aromatic carbocycles. The Bertz CT molecular complexity index is 738. The van der Waals surface area contributed by atoms with Crippen LogP contribution in [0.5, 0.6) is 0 Å². The second-order valence-electron chi connectivity index (χ2n) is 5.98. The van der Waals surface area contributed by atoms with Gasteiger partial charge in [0.2, 0.25) is 0 Å². The highest BCUT2D eigenvalue weighted by molar-refractivity contribution is 9.11. The zero-order valence-electron chi connectivity index (χ0n) is 13.0. The fourth-order valence-corrected chi connectivity index (χ4v) is 4.61. The number of halogens is 2. The van der Waals surface area contributed by atoms with E-state index < -0.39 is 37.1 Å². The van der Waals surface area contributed by atoms with Crippen LogP contribution in [-0.4, -0.2) is 51.4 Å². The molecule has 1 saturated heterocycles. The predicted octanol–water partition coefficient (Wildman–Crippen LogP) is 2.27. The Kier molecular flexibility index (Phi) is 6.18. The Morgan fingerprint density at radius 3 is 2.48 bits per heavy atom. The smallest absolute Gasteiger partial charge is 0.113 e. The van der Waals surface area contributed by atoms with Crippen LogP contribution in [-0.2, 0) is 11.2 Å². The quantitative estimate of drug-likeness (QED) is 0.575. The van der Waals surface area contributed by atoms with Gasteiger partial charge in [-0.15, -0.1) is 11.3 Å². The molecule has 3 unspecified atom stereocenters. The van der Waals surface area contributed by atoms with Gasteiger partial charge in [0, 0.05) is 16.3 Å². The summed E-state index contributed by atoms with van der Waals surface area (Å²) in [6.45, 7) is -0.453. The van der Waals surface area contributed by atoms with E-state index in [0.29, 0.717) is 17.0 Å². The Hall–Kier alpha value is -0.510. The summed E-state index contributed by atoms with van der Waals surface area (Å²) in [6.07, 6.45) is -5.24. The van der Waals surface area contributed by atoms with Crippen molar-refractivity contribution in [3.8, 4) is 0 Å². The highest BCUT2D eigenvalue weighted by atomic mass is 79.9. The molecule has 1 aliphatic rings. The van der Waals surface area contributed by atoms with Crippen LogP contribution in [0.1, 0.15) is 22.1 Å². The average Bonchev–Trinajstić information content (AvgIpc) is 3.00. The maximum atomic E-state index is 10.3. The predicted molar refractivity (Wildman–Crippen MR) is 99.0 cm³/mol. The lowest BCUT2D eigenvalue weighted by Gasteiger charge is -2.40. The fraction of sp³-hybridized carbons (Fsp3) is 0.412. The number of rotatable bonds is 4. The van der Waals surface area contributed by atoms with Crippen molar-refractivity contribution in [2.75, 3.05) is 6.61 Å². The number of hydrogen-bond donors (Lipinski definition) is 4. The topological polar surface area (TPSA) is 90.2 Å². The van der Waals surface area contributed by atoms with E-state index in [0.717, 1.165) is 14.2 Å². The van der Waals surface area contributed by atoms with Crippen molar-refractivity contribution in [3.05, 3.63) is 55.1 Å². The summed E-state index contributed by atoms with van der Waals surface area (Å²) >= 11 is 11.3. The number of aliphatic hydroxyl groups excluding tert-OH is 4. The molecule has 5 atom stereocenters. The van der Waals surface area contributed by atoms with Crippen molar-refractivity contribution in [3.63, 3.8) is 0 Å². The minimum Gasteiger partial charge on any atom is -0.394 e. The summed E-state index contributed by atoms with van der Waals surface area (Å²) in [4.78, 5) is 1.12. The van der Waals surface area contributed by atoms with E-state index in [4.69, 9.17) is 16.3 Å². The van der Waals surface area contributed by atoms with Gasteiger partial charge >= 0.3 is 0 Å². The van der Waals surface area contributed by atoms with Gasteiger partial charge in [0.1, 0.15) is 30.5 Å². The van der Waals surface area contributed by atoms with E-state index in [2.05, 4.69) is 15.9 Å². The third-order valence-corrected chi connectivity index (χ3v) is 6.28. The van der Waals surface area contributed by atoms with Gasteiger partial charge in [-0.2, -0.15) is 0 Å². The van der Waals surface area contributed by atoms with Crippen LogP contribution in [0.15, 0.2) is 34.1 Å². The number of benzene rings is 1. The number of thiophene rings is 1. The molecule has 0 saturated carbocycles. The van der Waals surface area contributed by atoms with Gasteiger partial charge in [0.25, 0.3) is 0 Å². The van der Waals surface area contributed by atoms with Gasteiger partial charge in [-0.3, -0.25) is 0 Å². The summed E-state index contributed by atoms with van der Waals surface area (Å²) in [5.41, 5.74) is 1.50. The van der Waals surface area contributed by atoms with E-state index in [1.165, 1.54) is 0 Å². The highest BCUT2D eigenvalue weighted by Crippen LogP contribution is 2.35. The summed E-state index contributed by atoms with van der Waals surface area (Å²) in [5, 5.41) is 40.1. The van der Waals surface area contributed by atoms with Gasteiger partial charge < -0.3 is 25.2 Å². The number of hydrogen-bond acceptors (Lipinski definition) is 6. The third-order valence-electron chi connectivity index (χ3n) is 4.28. The lowest BCUT2D eigenvalue weighted by Crippen LogP contribution is -2.55. The van der Waals surface area contributed by atoms with Crippen LogP contribution < -0.4 is 0 Å². The first-order valence-corrected chi connectivity index (χ1v) is 9.72. The van der Waals surface area contributed by atoms with Crippen LogP contribution in [0.4, 0.5) is 0 Å². The van der Waals surface area contributed by atoms with Crippen LogP contribution in [0.3, 0.4) is 0 Å². The van der Waals surface area contributed by atoms with Gasteiger partial charge in [-0.1, -0.05) is 23.7 Å². The number of aliphatic hydroxyl groups is 4. The molecule has 2 aromatic rings. The summed E-state index contributed by atoms with van der Waals surface area (Å²) < 4.78 is 6.64. The standard InChI is InChI=1S/C17H18BrClO5S/c18-13-4-2-10(25-13)6-9-5-8(1-3-11(9)19)17-16(23)15(22)14(21)12(7-20)24-17/h1-5,12,14-17,20-23H,6-7H2/t12?,14-,15?,16-,17?/m1/s1. The third kappa shape index (κ3) is 4.09. The Balaban J connectivity index is 1.88. The van der Waals surface area contributed by atoms with Crippen molar-refractivity contribution in [2.24, 2.45) is 0 Å². The Labute approximate surface area is 162 Å². The normalized spacial score (nSPS) is 29.8. The van der Waals surface area contributed by atoms with E-state index in [1.807, 2.05) is 18.2 Å². The Morgan fingerprint density at radius 2 is 1.84 bits per heavy atom. The first-order chi connectivity index (χ1) is 11.9. The maximum Gasteiger partial charge on any atom is 0.113 e. The second-order valence-corrected chi connectivity index (χ2v) is 8.94. The lowest BCUT2D eigenvalue weighted by atomic mass is 9.90. The molecule has 1 aromatic heterocycles. The molecule has 25 heavy (non-hydrogen) atoms. The summed E-state index contributed by atoms with van der Waals surface area (Å²) in [6, 6.07) is 9.23. The second kappa shape index (κ2) is 8.02. The van der Waals surface area contributed by atoms with E-state index in [9.17, 15) is 20.4 Å². The fourth-order valence-electron chi connectivity index (χ4n) is 2.92. The molecule has 4 N–H and O–H groups in total. The first kappa shape index (κ1) is 19.3. The zero-order valence-corrected chi connectivity index (χ0v) is 16.2. The molecule has 3 rings (SSSR count). The van der Waals surface area contributed by atoms with Gasteiger partial charge in [-0.05, 0) is 45.3 Å². The molecule has 0 radical (unpaired) electrons. The van der Waals surface area contributed by atoms with Gasteiger partial charge in [0.05, 0.1) is 10.4 Å². The molecular formula is C17H18BrClO5S. The SMILES string of the molecule is OCC1OC(c2ccc(Cl)c(Cc3ccc(Br)s3)c2)[C@H](O)C(O)[C@@H]1O. The molecule has 5 nitrogen and oxygen atoms in total. The van der Waals surface area contributed by atoms with E-state index in [1.54, 1.807) is 23.5 Å². The first-order valence-electron chi connectivity index (χ1n) is 7.73. The lowest BCUT2D eigenvalue weighted by molar-refractivity contribution is -0.231. The average molecular weight is 450 g/mol. The monoisotopic (exact) mass is 448 g/mol. The molecule has 0 bridgehead atoms. The molecule has 0 spiro atoms. The zero-order chi connectivity index (χ0) is 18.1. The molecule has 8 heteroatoms. The largest absolute Gasteiger partial charge is 0.394 e. The molecular weight excluding hydrogens is 432 g/mol. The van der Waals surface area contributed by atoms with Crippen LogP contribution in [0, 0.1) is 0 Å². The molecule has 1 fully saturated rings. The van der Waals surface area contributed by atoms with Crippen molar-refractivity contribution in [1.29, 1.82) is 0 Å². The molecule has 2 heterocycles. The summed E-state index contributed by atoms with van der Waals surface area (Å²) in [5.74, 6) is 0. The molecule has 0 aliphatic carbocycles. The van der Waals surface area contributed by atoms with Crippen LogP contribution >= 0.6 is 38.9 Å². The minimum absolute atomic E-state index is 0.453. The number of ether oxygens (including phenoxy) is 1. The molecule has 136 valence electrons. The van der Waals surface area contributed by atoms with Crippen molar-refractivity contribution in [2.45, 2.75) is 36.9 Å². The van der Waals surface area contributed by atoms with Gasteiger partial charge in [-0.25, -0.2) is 0 Å². The van der Waals surface area contributed by atoms with Gasteiger partial charge in [0.15, 0.2) is 0 Å². The Morgan fingerprint density at radius 1 is 1.08 bits per heavy atom. The van der Waals surface area contributed by atoms with Crippen molar-refractivity contribution >= 4 is 38.9 Å². The van der Waals surface area contributed by atoms with E-state index >= 15 is 0 Å². The molecule has 1 aliphatic heterocycles. The highest BCUT2D eigenvalue weighted by Gasteiger charge is 2.43. The van der Waals surface area contributed by atoms with Crippen LogP contribution in [0.2, 0.25) is 5.02 Å².